The maximum atomic E-state index is 13.7. The molecule has 6 nitrogen and oxygen atoms in total. The summed E-state index contributed by atoms with van der Waals surface area (Å²) >= 11 is 3.48. The summed E-state index contributed by atoms with van der Waals surface area (Å²) in [6, 6.07) is 24.0. The van der Waals surface area contributed by atoms with Gasteiger partial charge >= 0.3 is 0 Å². The smallest absolute Gasteiger partial charge is 0.238 e. The number of carbonyl (C=O) groups excluding carboxylic acids is 2. The van der Waals surface area contributed by atoms with Crippen LogP contribution in [0.5, 0.6) is 5.75 Å². The van der Waals surface area contributed by atoms with Crippen LogP contribution in [0.2, 0.25) is 0 Å². The van der Waals surface area contributed by atoms with Crippen LogP contribution in [0.25, 0.3) is 11.6 Å². The molecule has 0 radical (unpaired) electrons. The quantitative estimate of drug-likeness (QED) is 0.141. The first-order valence-electron chi connectivity index (χ1n) is 14.4. The fourth-order valence-corrected chi connectivity index (χ4v) is 6.88. The Labute approximate surface area is 255 Å². The molecule has 1 aliphatic carbocycles. The highest BCUT2D eigenvalue weighted by Crippen LogP contribution is 2.49. The first kappa shape index (κ1) is 30.0. The van der Waals surface area contributed by atoms with Crippen LogP contribution in [0.15, 0.2) is 94.5 Å². The monoisotopic (exact) mass is 629 g/mol. The number of aromatic hydroxyl groups is 1. The highest BCUT2D eigenvalue weighted by Gasteiger charge is 2.55. The molecular formula is C35H36BrNO5. The Morgan fingerprint density at radius 2 is 1.67 bits per heavy atom. The van der Waals surface area contributed by atoms with Gasteiger partial charge in [0.05, 0.1) is 30.2 Å². The van der Waals surface area contributed by atoms with E-state index in [0.717, 1.165) is 21.2 Å². The van der Waals surface area contributed by atoms with Gasteiger partial charge in [-0.2, -0.15) is 0 Å². The minimum Gasteiger partial charge on any atom is -0.507 e. The number of halogens is 1. The number of rotatable bonds is 9. The molecule has 1 fully saturated rings. The summed E-state index contributed by atoms with van der Waals surface area (Å²) in [7, 11) is 0. The van der Waals surface area contributed by atoms with Gasteiger partial charge in [-0.25, -0.2) is 0 Å². The van der Waals surface area contributed by atoms with Gasteiger partial charge in [-0.1, -0.05) is 83.9 Å². The van der Waals surface area contributed by atoms with Crippen molar-refractivity contribution in [1.82, 2.24) is 0 Å². The number of aliphatic hydroxyl groups is 2. The number of phenols is 1. The van der Waals surface area contributed by atoms with Gasteiger partial charge in [0.1, 0.15) is 5.75 Å². The maximum absolute atomic E-state index is 13.7. The first-order chi connectivity index (χ1) is 20.2. The topological polar surface area (TPSA) is 98.1 Å². The minimum absolute atomic E-state index is 0.0288. The lowest BCUT2D eigenvalue weighted by Gasteiger charge is -2.38. The van der Waals surface area contributed by atoms with Gasteiger partial charge in [0.15, 0.2) is 0 Å². The van der Waals surface area contributed by atoms with E-state index < -0.39 is 23.9 Å². The van der Waals surface area contributed by atoms with Crippen LogP contribution in [0.1, 0.15) is 44.2 Å². The molecule has 0 saturated carbocycles. The fraction of sp³-hybridized carbons (Fsp3) is 0.314. The van der Waals surface area contributed by atoms with E-state index in [1.165, 1.54) is 4.90 Å². The van der Waals surface area contributed by atoms with Crippen molar-refractivity contribution >= 4 is 45.1 Å². The van der Waals surface area contributed by atoms with Crippen molar-refractivity contribution in [3.63, 3.8) is 0 Å². The molecule has 0 bridgehead atoms. The summed E-state index contributed by atoms with van der Waals surface area (Å²) in [5, 5.41) is 32.9. The van der Waals surface area contributed by atoms with Crippen molar-refractivity contribution in [3.8, 4) is 5.75 Å². The van der Waals surface area contributed by atoms with Gasteiger partial charge in [0.2, 0.25) is 11.8 Å². The SMILES string of the molecule is CC(C)C1=C([C@H](O)CC/C(=C/c2cc(Br)ccc2O)c2ccccc2)[C@H](CO)[C@@H]2C(=O)N(c3ccccc3)C(=O)[C@@H]2C1. The normalized spacial score (nSPS) is 21.7. The summed E-state index contributed by atoms with van der Waals surface area (Å²) in [5.41, 5.74) is 4.71. The molecule has 218 valence electrons. The lowest BCUT2D eigenvalue weighted by Crippen LogP contribution is -2.39. The molecule has 3 N–H and O–H groups in total. The number of aliphatic hydroxyl groups excluding tert-OH is 2. The van der Waals surface area contributed by atoms with Crippen LogP contribution in [0, 0.1) is 23.7 Å². The van der Waals surface area contributed by atoms with Crippen LogP contribution in [0.3, 0.4) is 0 Å². The number of phenolic OH excluding ortho intramolecular Hbond substituents is 1. The lowest BCUT2D eigenvalue weighted by atomic mass is 9.66. The maximum Gasteiger partial charge on any atom is 0.238 e. The van der Waals surface area contributed by atoms with Gasteiger partial charge in [0.25, 0.3) is 0 Å². The third kappa shape index (κ3) is 5.87. The van der Waals surface area contributed by atoms with Crippen LogP contribution in [0.4, 0.5) is 5.69 Å². The fourth-order valence-electron chi connectivity index (χ4n) is 6.50. The van der Waals surface area contributed by atoms with Gasteiger partial charge < -0.3 is 15.3 Å². The van der Waals surface area contributed by atoms with E-state index in [1.807, 2.05) is 62.4 Å². The number of carbonyl (C=O) groups is 2. The number of amides is 2. The molecule has 4 atom stereocenters. The Bertz CT molecular complexity index is 1510. The van der Waals surface area contributed by atoms with Gasteiger partial charge in [-0.15, -0.1) is 0 Å². The lowest BCUT2D eigenvalue weighted by molar-refractivity contribution is -0.123. The molecule has 5 rings (SSSR count). The van der Waals surface area contributed by atoms with E-state index in [2.05, 4.69) is 15.9 Å². The van der Waals surface area contributed by atoms with E-state index in [-0.39, 0.29) is 30.1 Å². The predicted molar refractivity (Wildman–Crippen MR) is 168 cm³/mol. The van der Waals surface area contributed by atoms with Crippen molar-refractivity contribution in [2.75, 3.05) is 11.5 Å². The molecule has 1 saturated heterocycles. The summed E-state index contributed by atoms with van der Waals surface area (Å²) in [4.78, 5) is 28.5. The van der Waals surface area contributed by atoms with Crippen LogP contribution in [-0.4, -0.2) is 39.8 Å². The number of allylic oxidation sites excluding steroid dienone is 2. The Morgan fingerprint density at radius 1 is 1.00 bits per heavy atom. The van der Waals surface area contributed by atoms with Crippen LogP contribution < -0.4 is 4.90 Å². The zero-order valence-electron chi connectivity index (χ0n) is 23.8. The first-order valence-corrected chi connectivity index (χ1v) is 15.2. The number of hydrogen-bond acceptors (Lipinski definition) is 5. The summed E-state index contributed by atoms with van der Waals surface area (Å²) in [5.74, 6) is -2.33. The molecule has 1 heterocycles. The number of nitrogens with zero attached hydrogens (tertiary/aromatic N) is 1. The Hall–Kier alpha value is -3.52. The average molecular weight is 631 g/mol. The third-order valence-electron chi connectivity index (χ3n) is 8.54. The molecule has 1 aliphatic heterocycles. The van der Waals surface area contributed by atoms with E-state index in [4.69, 9.17) is 0 Å². The minimum atomic E-state index is -0.919. The van der Waals surface area contributed by atoms with Gasteiger partial charge in [0, 0.05) is 16.0 Å². The molecule has 0 unspecified atom stereocenters. The number of anilines is 1. The molecule has 2 aliphatic rings. The largest absolute Gasteiger partial charge is 0.507 e. The summed E-state index contributed by atoms with van der Waals surface area (Å²) < 4.78 is 0.841. The van der Waals surface area contributed by atoms with Gasteiger partial charge in [-0.05, 0) is 78.3 Å². The van der Waals surface area contributed by atoms with Crippen molar-refractivity contribution < 1.29 is 24.9 Å². The predicted octanol–water partition coefficient (Wildman–Crippen LogP) is 6.61. The van der Waals surface area contributed by atoms with Crippen molar-refractivity contribution in [2.24, 2.45) is 23.7 Å². The summed E-state index contributed by atoms with van der Waals surface area (Å²) in [6.45, 7) is 3.72. The van der Waals surface area contributed by atoms with Crippen LogP contribution >= 0.6 is 15.9 Å². The van der Waals surface area contributed by atoms with E-state index >= 15 is 0 Å². The van der Waals surface area contributed by atoms with E-state index in [1.54, 1.807) is 36.4 Å². The van der Waals surface area contributed by atoms with Crippen molar-refractivity contribution in [3.05, 3.63) is 106 Å². The molecule has 0 aromatic heterocycles. The second-order valence-electron chi connectivity index (χ2n) is 11.4. The standard InChI is InChI=1S/C35H36BrNO5/c1-21(2)27-19-28-33(35(42)37(34(28)41)26-11-7-4-8-12-26)29(20-38)32(27)31(40)15-13-23(22-9-5-3-6-10-22)17-24-18-25(36)14-16-30(24)39/h3-12,14,16-18,21,28-29,31,33,38-40H,13,15,19-20H2,1-2H3/b23-17-/t28-,29+,31-,33-/m1/s1. The Kier molecular flexibility index (Phi) is 9.11. The molecular weight excluding hydrogens is 594 g/mol. The molecule has 42 heavy (non-hydrogen) atoms. The molecule has 3 aromatic carbocycles. The van der Waals surface area contributed by atoms with Crippen LogP contribution in [-0.2, 0) is 9.59 Å². The second-order valence-corrected chi connectivity index (χ2v) is 12.3. The molecule has 3 aromatic rings. The Morgan fingerprint density at radius 3 is 2.31 bits per heavy atom. The number of imide groups is 1. The molecule has 0 spiro atoms. The molecule has 2 amide bonds. The van der Waals surface area contributed by atoms with Crippen molar-refractivity contribution in [2.45, 2.75) is 39.2 Å². The number of fused-ring (bicyclic) bond motifs is 1. The Balaban J connectivity index is 1.47. The van der Waals surface area contributed by atoms with Crippen molar-refractivity contribution in [1.29, 1.82) is 0 Å². The number of para-hydroxylation sites is 1. The molecule has 7 heteroatoms. The third-order valence-corrected chi connectivity index (χ3v) is 9.03. The van der Waals surface area contributed by atoms with E-state index in [9.17, 15) is 24.9 Å². The average Bonchev–Trinajstić information content (AvgIpc) is 3.25. The van der Waals surface area contributed by atoms with Gasteiger partial charge in [-0.3, -0.25) is 14.5 Å². The number of benzene rings is 3. The zero-order chi connectivity index (χ0) is 30.0. The summed E-state index contributed by atoms with van der Waals surface area (Å²) in [6.07, 6.45) is 2.22. The second kappa shape index (κ2) is 12.8. The zero-order valence-corrected chi connectivity index (χ0v) is 25.4. The van der Waals surface area contributed by atoms with E-state index in [0.29, 0.717) is 36.1 Å². The highest BCUT2D eigenvalue weighted by atomic mass is 79.9. The number of hydrogen-bond donors (Lipinski definition) is 3. The highest BCUT2D eigenvalue weighted by molar-refractivity contribution is 9.10.